The summed E-state index contributed by atoms with van der Waals surface area (Å²) in [5.41, 5.74) is 6.03. The lowest BCUT2D eigenvalue weighted by molar-refractivity contribution is 0.406. The zero-order valence-electron chi connectivity index (χ0n) is 11.5. The number of rotatable bonds is 5. The Hall–Kier alpha value is -1.67. The molecule has 1 heterocycles. The monoisotopic (exact) mass is 247 g/mol. The van der Waals surface area contributed by atoms with Gasteiger partial charge >= 0.3 is 0 Å². The van der Waals surface area contributed by atoms with Crippen LogP contribution in [0.5, 0.6) is 0 Å². The molecule has 3 N–H and O–H groups in total. The third kappa shape index (κ3) is 3.67. The molecule has 0 fully saturated rings. The van der Waals surface area contributed by atoms with Gasteiger partial charge in [0, 0.05) is 12.1 Å². The van der Waals surface area contributed by atoms with Crippen molar-refractivity contribution in [3.63, 3.8) is 0 Å². The summed E-state index contributed by atoms with van der Waals surface area (Å²) in [5, 5.41) is 12.4. The van der Waals surface area contributed by atoms with E-state index in [2.05, 4.69) is 35.2 Å². The highest BCUT2D eigenvalue weighted by Gasteiger charge is 2.25. The van der Waals surface area contributed by atoms with E-state index in [1.807, 2.05) is 6.92 Å². The quantitative estimate of drug-likeness (QED) is 0.828. The van der Waals surface area contributed by atoms with E-state index in [-0.39, 0.29) is 5.54 Å². The third-order valence-corrected chi connectivity index (χ3v) is 2.76. The number of nitrogens with two attached hydrogens (primary N) is 1. The maximum atomic E-state index is 9.06. The van der Waals surface area contributed by atoms with Crippen molar-refractivity contribution in [2.45, 2.75) is 39.7 Å². The highest BCUT2D eigenvalue weighted by atomic mass is 15.1. The molecule has 0 saturated heterocycles. The van der Waals surface area contributed by atoms with Crippen molar-refractivity contribution >= 4 is 5.82 Å². The van der Waals surface area contributed by atoms with Gasteiger partial charge in [-0.3, -0.25) is 0 Å². The fraction of sp³-hybridized carbons (Fsp3) is 0.615. The second-order valence-corrected chi connectivity index (χ2v) is 5.28. The SMILES string of the molecule is Cc1ncc(C#N)c(NC(C)(CN)CC(C)C)n1. The van der Waals surface area contributed by atoms with Crippen molar-refractivity contribution in [2.24, 2.45) is 11.7 Å². The number of nitriles is 1. The molecule has 0 radical (unpaired) electrons. The van der Waals surface area contributed by atoms with Gasteiger partial charge in [0.2, 0.25) is 0 Å². The van der Waals surface area contributed by atoms with Crippen LogP contribution in [0.15, 0.2) is 6.20 Å². The molecule has 5 nitrogen and oxygen atoms in total. The minimum absolute atomic E-state index is 0.263. The number of hydrogen-bond acceptors (Lipinski definition) is 5. The van der Waals surface area contributed by atoms with Crippen LogP contribution in [-0.4, -0.2) is 22.1 Å². The molecule has 1 rings (SSSR count). The van der Waals surface area contributed by atoms with Crippen LogP contribution < -0.4 is 11.1 Å². The van der Waals surface area contributed by atoms with E-state index < -0.39 is 0 Å². The van der Waals surface area contributed by atoms with Gasteiger partial charge in [0.25, 0.3) is 0 Å². The summed E-state index contributed by atoms with van der Waals surface area (Å²) in [6.07, 6.45) is 2.45. The summed E-state index contributed by atoms with van der Waals surface area (Å²) in [6.45, 7) is 8.62. The molecule has 1 unspecified atom stereocenters. The molecule has 0 amide bonds. The topological polar surface area (TPSA) is 87.6 Å². The molecule has 98 valence electrons. The minimum atomic E-state index is -0.263. The summed E-state index contributed by atoms with van der Waals surface area (Å²) >= 11 is 0. The number of nitrogens with one attached hydrogen (secondary N) is 1. The predicted octanol–water partition coefficient (Wildman–Crippen LogP) is 1.83. The molecule has 0 aliphatic heterocycles. The van der Waals surface area contributed by atoms with Crippen LogP contribution in [0.1, 0.15) is 38.6 Å². The van der Waals surface area contributed by atoms with Crippen molar-refractivity contribution in [3.8, 4) is 6.07 Å². The lowest BCUT2D eigenvalue weighted by atomic mass is 9.90. The smallest absolute Gasteiger partial charge is 0.148 e. The Morgan fingerprint density at radius 1 is 1.56 bits per heavy atom. The van der Waals surface area contributed by atoms with Crippen LogP contribution in [-0.2, 0) is 0 Å². The van der Waals surface area contributed by atoms with Crippen molar-refractivity contribution in [1.29, 1.82) is 5.26 Å². The van der Waals surface area contributed by atoms with Crippen molar-refractivity contribution in [1.82, 2.24) is 9.97 Å². The molecule has 0 bridgehead atoms. The Morgan fingerprint density at radius 2 is 2.22 bits per heavy atom. The molecule has 0 aromatic carbocycles. The fourth-order valence-corrected chi connectivity index (χ4v) is 2.02. The van der Waals surface area contributed by atoms with Crippen molar-refractivity contribution < 1.29 is 0 Å². The highest BCUT2D eigenvalue weighted by Crippen LogP contribution is 2.22. The zero-order chi connectivity index (χ0) is 13.8. The van der Waals surface area contributed by atoms with Crippen molar-refractivity contribution in [2.75, 3.05) is 11.9 Å². The highest BCUT2D eigenvalue weighted by molar-refractivity contribution is 5.52. The average Bonchev–Trinajstić information content (AvgIpc) is 2.28. The summed E-state index contributed by atoms with van der Waals surface area (Å²) in [6, 6.07) is 2.09. The molecular formula is C13H21N5. The van der Waals surface area contributed by atoms with Gasteiger partial charge in [-0.25, -0.2) is 9.97 Å². The molecule has 5 heteroatoms. The number of hydrogen-bond donors (Lipinski definition) is 2. The number of nitrogens with zero attached hydrogens (tertiary/aromatic N) is 3. The van der Waals surface area contributed by atoms with Crippen LogP contribution in [0.4, 0.5) is 5.82 Å². The van der Waals surface area contributed by atoms with Gasteiger partial charge in [0.1, 0.15) is 23.3 Å². The van der Waals surface area contributed by atoms with E-state index in [1.54, 1.807) is 6.92 Å². The van der Waals surface area contributed by atoms with Crippen molar-refractivity contribution in [3.05, 3.63) is 17.6 Å². The molecular weight excluding hydrogens is 226 g/mol. The van der Waals surface area contributed by atoms with E-state index in [0.29, 0.717) is 29.7 Å². The first kappa shape index (κ1) is 14.4. The number of anilines is 1. The Balaban J connectivity index is 3.01. The molecule has 0 spiro atoms. The Kier molecular flexibility index (Phi) is 4.62. The lowest BCUT2D eigenvalue weighted by Gasteiger charge is -2.32. The Bertz CT molecular complexity index is 449. The molecule has 0 aliphatic carbocycles. The maximum Gasteiger partial charge on any atom is 0.148 e. The number of aryl methyl sites for hydroxylation is 1. The molecule has 0 aliphatic rings. The van der Waals surface area contributed by atoms with Gasteiger partial charge in [-0.2, -0.15) is 5.26 Å². The summed E-state index contributed by atoms with van der Waals surface area (Å²) in [4.78, 5) is 8.31. The fourth-order valence-electron chi connectivity index (χ4n) is 2.02. The van der Waals surface area contributed by atoms with Gasteiger partial charge in [0.15, 0.2) is 0 Å². The molecule has 1 aromatic heterocycles. The predicted molar refractivity (Wildman–Crippen MR) is 72.0 cm³/mol. The van der Waals surface area contributed by atoms with Gasteiger partial charge in [-0.05, 0) is 26.2 Å². The van der Waals surface area contributed by atoms with Crippen LogP contribution >= 0.6 is 0 Å². The van der Waals surface area contributed by atoms with E-state index in [9.17, 15) is 0 Å². The largest absolute Gasteiger partial charge is 0.362 e. The summed E-state index contributed by atoms with van der Waals surface area (Å²) in [7, 11) is 0. The summed E-state index contributed by atoms with van der Waals surface area (Å²) in [5.74, 6) is 1.72. The van der Waals surface area contributed by atoms with Gasteiger partial charge in [-0.15, -0.1) is 0 Å². The van der Waals surface area contributed by atoms with E-state index >= 15 is 0 Å². The van der Waals surface area contributed by atoms with Crippen LogP contribution in [0, 0.1) is 24.2 Å². The molecule has 0 saturated carbocycles. The molecule has 1 aromatic rings. The standard InChI is InChI=1S/C13H21N5/c1-9(2)5-13(4,8-15)18-12-11(6-14)7-16-10(3)17-12/h7,9H,5,8,15H2,1-4H3,(H,16,17,18). The van der Waals surface area contributed by atoms with Gasteiger partial charge < -0.3 is 11.1 Å². The average molecular weight is 247 g/mol. The lowest BCUT2D eigenvalue weighted by Crippen LogP contribution is -2.44. The summed E-state index contributed by atoms with van der Waals surface area (Å²) < 4.78 is 0. The second kappa shape index (κ2) is 5.78. The zero-order valence-corrected chi connectivity index (χ0v) is 11.5. The maximum absolute atomic E-state index is 9.06. The first-order valence-electron chi connectivity index (χ1n) is 6.12. The second-order valence-electron chi connectivity index (χ2n) is 5.28. The number of aromatic nitrogens is 2. The van der Waals surface area contributed by atoms with Crippen LogP contribution in [0.2, 0.25) is 0 Å². The van der Waals surface area contributed by atoms with Crippen LogP contribution in [0.25, 0.3) is 0 Å². The molecule has 18 heavy (non-hydrogen) atoms. The third-order valence-electron chi connectivity index (χ3n) is 2.76. The Morgan fingerprint density at radius 3 is 2.72 bits per heavy atom. The van der Waals surface area contributed by atoms with E-state index in [1.165, 1.54) is 6.20 Å². The molecule has 1 atom stereocenters. The first-order chi connectivity index (χ1) is 8.40. The minimum Gasteiger partial charge on any atom is -0.362 e. The normalized spacial score (nSPS) is 14.1. The first-order valence-corrected chi connectivity index (χ1v) is 6.12. The van der Waals surface area contributed by atoms with Crippen LogP contribution in [0.3, 0.4) is 0 Å². The van der Waals surface area contributed by atoms with Gasteiger partial charge in [0.05, 0.1) is 6.20 Å². The van der Waals surface area contributed by atoms with E-state index in [4.69, 9.17) is 11.0 Å². The van der Waals surface area contributed by atoms with E-state index in [0.717, 1.165) is 6.42 Å². The Labute approximate surface area is 108 Å². The van der Waals surface area contributed by atoms with Gasteiger partial charge in [-0.1, -0.05) is 13.8 Å².